The molecule has 2 N–H and O–H groups in total. The summed E-state index contributed by atoms with van der Waals surface area (Å²) in [5, 5.41) is 6.16. The van der Waals surface area contributed by atoms with Crippen LogP contribution in [-0.4, -0.2) is 24.0 Å². The van der Waals surface area contributed by atoms with Crippen molar-refractivity contribution >= 4 is 17.8 Å². The van der Waals surface area contributed by atoms with Gasteiger partial charge in [-0.3, -0.25) is 4.79 Å². The second-order valence-corrected chi connectivity index (χ2v) is 5.81. The van der Waals surface area contributed by atoms with E-state index in [4.69, 9.17) is 0 Å². The van der Waals surface area contributed by atoms with E-state index >= 15 is 0 Å². The molecule has 4 heteroatoms. The standard InChI is InChI=1S/C21H21N3O/c25-21(9-5-15-23-20-8-3-4-14-22-20)24-16-17-10-12-18-6-1-2-7-19(18)13-11-17/h1-4,6-8,10-12,14H,5,9,15-16H2,(H,22,23)(H,24,25). The van der Waals surface area contributed by atoms with Crippen LogP contribution >= 0.6 is 0 Å². The Balaban J connectivity index is 1.37. The molecule has 1 heterocycles. The highest BCUT2D eigenvalue weighted by Crippen LogP contribution is 2.18. The van der Waals surface area contributed by atoms with E-state index in [1.165, 1.54) is 0 Å². The third-order valence-electron chi connectivity index (χ3n) is 3.89. The molecular weight excluding hydrogens is 310 g/mol. The number of hydrogen-bond acceptors (Lipinski definition) is 3. The lowest BCUT2D eigenvalue weighted by atomic mass is 10.1. The molecule has 0 unspecified atom stereocenters. The van der Waals surface area contributed by atoms with Gasteiger partial charge in [-0.25, -0.2) is 4.98 Å². The predicted molar refractivity (Wildman–Crippen MR) is 101 cm³/mol. The highest BCUT2D eigenvalue weighted by Gasteiger charge is 2.06. The molecule has 0 saturated carbocycles. The first-order valence-electron chi connectivity index (χ1n) is 8.45. The lowest BCUT2D eigenvalue weighted by molar-refractivity contribution is -0.120. The van der Waals surface area contributed by atoms with Crippen LogP contribution in [0.3, 0.4) is 0 Å². The SMILES string of the molecule is O=C(CCCNc1ccccn1)NCC1=C[C]c2ccccc2C=C1. The maximum atomic E-state index is 12.0. The number of allylic oxidation sites excluding steroid dienone is 1. The molecule has 1 aromatic heterocycles. The number of anilines is 1. The van der Waals surface area contributed by atoms with E-state index in [1.807, 2.05) is 48.6 Å². The Labute approximate surface area is 148 Å². The number of nitrogens with zero attached hydrogens (tertiary/aromatic N) is 1. The highest BCUT2D eigenvalue weighted by atomic mass is 16.1. The van der Waals surface area contributed by atoms with Crippen molar-refractivity contribution in [2.45, 2.75) is 12.8 Å². The summed E-state index contributed by atoms with van der Waals surface area (Å²) >= 11 is 0. The number of fused-ring (bicyclic) bond motifs is 1. The number of aromatic nitrogens is 1. The summed E-state index contributed by atoms with van der Waals surface area (Å²) in [6.07, 6.45) is 12.3. The van der Waals surface area contributed by atoms with Gasteiger partial charge in [0.25, 0.3) is 0 Å². The Morgan fingerprint density at radius 2 is 1.96 bits per heavy atom. The van der Waals surface area contributed by atoms with E-state index in [2.05, 4.69) is 34.2 Å². The molecule has 0 saturated heterocycles. The average molecular weight is 331 g/mol. The second kappa shape index (κ2) is 8.83. The normalized spacial score (nSPS) is 12.7. The maximum absolute atomic E-state index is 12.0. The summed E-state index contributed by atoms with van der Waals surface area (Å²) in [5.74, 6) is 0.890. The fraction of sp³-hybridized carbons (Fsp3) is 0.190. The predicted octanol–water partition coefficient (Wildman–Crippen LogP) is 3.47. The smallest absolute Gasteiger partial charge is 0.220 e. The molecule has 0 spiro atoms. The Kier molecular flexibility index (Phi) is 5.99. The van der Waals surface area contributed by atoms with Crippen LogP contribution in [-0.2, 0) is 4.79 Å². The zero-order chi connectivity index (χ0) is 17.3. The molecule has 4 nitrogen and oxygen atoms in total. The molecule has 0 bridgehead atoms. The molecule has 0 atom stereocenters. The first-order valence-corrected chi connectivity index (χ1v) is 8.45. The van der Waals surface area contributed by atoms with Crippen molar-refractivity contribution in [3.8, 4) is 0 Å². The molecule has 0 aliphatic heterocycles. The van der Waals surface area contributed by atoms with Crippen LogP contribution in [0, 0.1) is 6.42 Å². The molecule has 1 aliphatic rings. The van der Waals surface area contributed by atoms with Crippen molar-refractivity contribution in [1.29, 1.82) is 0 Å². The topological polar surface area (TPSA) is 54.0 Å². The summed E-state index contributed by atoms with van der Waals surface area (Å²) in [4.78, 5) is 16.2. The molecule has 2 aromatic rings. The Hall–Kier alpha value is -2.88. The monoisotopic (exact) mass is 331 g/mol. The van der Waals surface area contributed by atoms with Crippen molar-refractivity contribution in [3.63, 3.8) is 0 Å². The first-order chi connectivity index (χ1) is 12.3. The van der Waals surface area contributed by atoms with Crippen LogP contribution in [0.1, 0.15) is 24.0 Å². The molecule has 1 amide bonds. The van der Waals surface area contributed by atoms with Gasteiger partial charge in [0.2, 0.25) is 5.91 Å². The maximum Gasteiger partial charge on any atom is 0.220 e. The summed E-state index contributed by atoms with van der Waals surface area (Å²) in [7, 11) is 0. The second-order valence-electron chi connectivity index (χ2n) is 5.81. The number of pyridine rings is 1. The lowest BCUT2D eigenvalue weighted by Gasteiger charge is -2.07. The summed E-state index contributed by atoms with van der Waals surface area (Å²) in [6.45, 7) is 1.24. The van der Waals surface area contributed by atoms with Gasteiger partial charge in [-0.1, -0.05) is 48.6 Å². The van der Waals surface area contributed by atoms with E-state index in [0.29, 0.717) is 13.0 Å². The minimum atomic E-state index is 0.0545. The molecule has 126 valence electrons. The number of amides is 1. The highest BCUT2D eigenvalue weighted by molar-refractivity contribution is 5.76. The summed E-state index contributed by atoms with van der Waals surface area (Å²) in [5.41, 5.74) is 3.25. The number of carbonyl (C=O) groups is 1. The first kappa shape index (κ1) is 17.0. The van der Waals surface area contributed by atoms with E-state index < -0.39 is 0 Å². The van der Waals surface area contributed by atoms with Crippen LogP contribution in [0.4, 0.5) is 5.82 Å². The van der Waals surface area contributed by atoms with Crippen LogP contribution in [0.15, 0.2) is 66.4 Å². The number of nitrogens with one attached hydrogen (secondary N) is 2. The van der Waals surface area contributed by atoms with E-state index in [1.54, 1.807) is 6.20 Å². The van der Waals surface area contributed by atoms with Crippen molar-refractivity contribution in [3.05, 3.63) is 83.9 Å². The van der Waals surface area contributed by atoms with E-state index in [0.717, 1.165) is 35.5 Å². The third kappa shape index (κ3) is 5.31. The lowest BCUT2D eigenvalue weighted by Crippen LogP contribution is -2.25. The van der Waals surface area contributed by atoms with Crippen molar-refractivity contribution in [1.82, 2.24) is 10.3 Å². The van der Waals surface area contributed by atoms with Gasteiger partial charge in [-0.15, -0.1) is 0 Å². The number of carbonyl (C=O) groups excluding carboxylic acids is 1. The zero-order valence-corrected chi connectivity index (χ0v) is 14.0. The van der Waals surface area contributed by atoms with E-state index in [-0.39, 0.29) is 5.91 Å². The van der Waals surface area contributed by atoms with Crippen LogP contribution < -0.4 is 10.6 Å². The molecule has 3 rings (SSSR count). The minimum Gasteiger partial charge on any atom is -0.370 e. The largest absolute Gasteiger partial charge is 0.370 e. The third-order valence-corrected chi connectivity index (χ3v) is 3.89. The van der Waals surface area contributed by atoms with Crippen molar-refractivity contribution in [2.24, 2.45) is 0 Å². The Bertz CT molecular complexity index is 766. The average Bonchev–Trinajstić information content (AvgIpc) is 2.87. The zero-order valence-electron chi connectivity index (χ0n) is 14.0. The van der Waals surface area contributed by atoms with Gasteiger partial charge in [-0.05, 0) is 35.3 Å². The number of benzene rings is 1. The van der Waals surface area contributed by atoms with Gasteiger partial charge in [-0.2, -0.15) is 0 Å². The van der Waals surface area contributed by atoms with E-state index in [9.17, 15) is 4.79 Å². The van der Waals surface area contributed by atoms with Crippen molar-refractivity contribution in [2.75, 3.05) is 18.4 Å². The Morgan fingerprint density at radius 1 is 1.08 bits per heavy atom. The van der Waals surface area contributed by atoms with Crippen LogP contribution in [0.25, 0.3) is 6.08 Å². The number of hydrogen-bond donors (Lipinski definition) is 2. The summed E-state index contributed by atoms with van der Waals surface area (Å²) < 4.78 is 0. The van der Waals surface area contributed by atoms with Crippen molar-refractivity contribution < 1.29 is 4.79 Å². The fourth-order valence-corrected chi connectivity index (χ4v) is 2.52. The van der Waals surface area contributed by atoms with Gasteiger partial charge in [0.15, 0.2) is 0 Å². The molecule has 2 radical (unpaired) electrons. The van der Waals surface area contributed by atoms with Gasteiger partial charge in [0.05, 0.1) is 0 Å². The quantitative estimate of drug-likeness (QED) is 0.764. The van der Waals surface area contributed by atoms with Gasteiger partial charge >= 0.3 is 0 Å². The van der Waals surface area contributed by atoms with Gasteiger partial charge in [0, 0.05) is 32.1 Å². The molecule has 1 aromatic carbocycles. The van der Waals surface area contributed by atoms with Gasteiger partial charge < -0.3 is 10.6 Å². The summed E-state index contributed by atoms with van der Waals surface area (Å²) in [6, 6.07) is 13.8. The molecular formula is C21H21N3O. The van der Waals surface area contributed by atoms with Crippen LogP contribution in [0.2, 0.25) is 0 Å². The molecule has 0 fully saturated rings. The number of rotatable bonds is 7. The van der Waals surface area contributed by atoms with Gasteiger partial charge in [0.1, 0.15) is 5.82 Å². The molecule has 1 aliphatic carbocycles. The minimum absolute atomic E-state index is 0.0545. The Morgan fingerprint density at radius 3 is 2.84 bits per heavy atom. The van der Waals surface area contributed by atoms with Crippen LogP contribution in [0.5, 0.6) is 0 Å². The fourth-order valence-electron chi connectivity index (χ4n) is 2.52. The molecule has 25 heavy (non-hydrogen) atoms.